The Morgan fingerprint density at radius 1 is 0.947 bits per heavy atom. The van der Waals surface area contributed by atoms with E-state index in [4.69, 9.17) is 5.73 Å². The number of rotatable bonds is 4. The van der Waals surface area contributed by atoms with Crippen LogP contribution >= 0.6 is 0 Å². The van der Waals surface area contributed by atoms with Crippen molar-refractivity contribution in [2.75, 3.05) is 17.6 Å². The molecule has 0 saturated heterocycles. The Morgan fingerprint density at radius 3 is 2.42 bits per heavy atom. The lowest BCUT2D eigenvalue weighted by Crippen LogP contribution is -2.08. The van der Waals surface area contributed by atoms with Crippen LogP contribution < -0.4 is 11.1 Å². The Morgan fingerprint density at radius 2 is 1.63 bits per heavy atom. The van der Waals surface area contributed by atoms with Gasteiger partial charge in [0, 0.05) is 6.54 Å². The zero-order chi connectivity index (χ0) is 13.8. The monoisotopic (exact) mass is 254 g/mol. The second-order valence-electron chi connectivity index (χ2n) is 5.20. The summed E-state index contributed by atoms with van der Waals surface area (Å²) in [4.78, 5) is 0. The van der Waals surface area contributed by atoms with Gasteiger partial charge in [-0.2, -0.15) is 0 Å². The number of hydrogen-bond donors (Lipinski definition) is 2. The van der Waals surface area contributed by atoms with Crippen molar-refractivity contribution >= 4 is 11.4 Å². The number of nitrogens with one attached hydrogen (secondary N) is 1. The van der Waals surface area contributed by atoms with Gasteiger partial charge < -0.3 is 11.1 Å². The van der Waals surface area contributed by atoms with Crippen LogP contribution in [0.4, 0.5) is 11.4 Å². The molecular weight excluding hydrogens is 232 g/mol. The van der Waals surface area contributed by atoms with Crippen LogP contribution in [0.2, 0.25) is 0 Å². The molecule has 0 radical (unpaired) electrons. The molecule has 0 amide bonds. The first-order valence-electron chi connectivity index (χ1n) is 6.72. The molecule has 0 spiro atoms. The van der Waals surface area contributed by atoms with Gasteiger partial charge >= 0.3 is 0 Å². The number of hydrogen-bond acceptors (Lipinski definition) is 2. The minimum Gasteiger partial charge on any atom is -0.397 e. The molecule has 100 valence electrons. The van der Waals surface area contributed by atoms with Crippen LogP contribution in [0.3, 0.4) is 0 Å². The Balaban J connectivity index is 2.00. The molecule has 2 rings (SSSR count). The molecule has 0 aromatic heterocycles. The van der Waals surface area contributed by atoms with Gasteiger partial charge in [0.15, 0.2) is 0 Å². The predicted molar refractivity (Wildman–Crippen MR) is 83.7 cm³/mol. The van der Waals surface area contributed by atoms with Gasteiger partial charge in [0.25, 0.3) is 0 Å². The summed E-state index contributed by atoms with van der Waals surface area (Å²) in [6.07, 6.45) is 1.01. The summed E-state index contributed by atoms with van der Waals surface area (Å²) in [7, 11) is 0. The summed E-state index contributed by atoms with van der Waals surface area (Å²) in [6.45, 7) is 7.28. The Labute approximate surface area is 115 Å². The van der Waals surface area contributed by atoms with Crippen molar-refractivity contribution in [2.45, 2.75) is 27.2 Å². The minimum atomic E-state index is 0.812. The Kier molecular flexibility index (Phi) is 4.10. The third kappa shape index (κ3) is 3.50. The number of nitrogens with two attached hydrogens (primary N) is 1. The molecule has 0 aliphatic heterocycles. The molecular formula is C17H22N2. The Hall–Kier alpha value is -1.96. The topological polar surface area (TPSA) is 38.0 Å². The first-order chi connectivity index (χ1) is 9.06. The van der Waals surface area contributed by atoms with Gasteiger partial charge in [0.2, 0.25) is 0 Å². The van der Waals surface area contributed by atoms with Crippen molar-refractivity contribution in [1.29, 1.82) is 0 Å². The molecule has 3 N–H and O–H groups in total. The lowest BCUT2D eigenvalue weighted by Gasteiger charge is -2.12. The van der Waals surface area contributed by atoms with E-state index >= 15 is 0 Å². The highest BCUT2D eigenvalue weighted by Crippen LogP contribution is 2.20. The molecule has 0 bridgehead atoms. The average molecular weight is 254 g/mol. The number of nitrogen functional groups attached to an aromatic ring is 1. The summed E-state index contributed by atoms with van der Waals surface area (Å²) in [5, 5.41) is 3.42. The van der Waals surface area contributed by atoms with Gasteiger partial charge in [-0.15, -0.1) is 0 Å². The van der Waals surface area contributed by atoms with Crippen LogP contribution in [0.15, 0.2) is 36.4 Å². The van der Waals surface area contributed by atoms with E-state index in [0.29, 0.717) is 0 Å². The lowest BCUT2D eigenvalue weighted by atomic mass is 10.0. The quantitative estimate of drug-likeness (QED) is 0.813. The highest BCUT2D eigenvalue weighted by atomic mass is 14.9. The van der Waals surface area contributed by atoms with Crippen LogP contribution in [0.1, 0.15) is 22.3 Å². The molecule has 0 fully saturated rings. The van der Waals surface area contributed by atoms with Crippen LogP contribution in [0, 0.1) is 20.8 Å². The first-order valence-corrected chi connectivity index (χ1v) is 6.72. The van der Waals surface area contributed by atoms with E-state index in [1.807, 2.05) is 12.1 Å². The van der Waals surface area contributed by atoms with Crippen molar-refractivity contribution < 1.29 is 0 Å². The van der Waals surface area contributed by atoms with Crippen molar-refractivity contribution in [3.63, 3.8) is 0 Å². The largest absolute Gasteiger partial charge is 0.397 e. The maximum atomic E-state index is 5.96. The second-order valence-corrected chi connectivity index (χ2v) is 5.20. The van der Waals surface area contributed by atoms with E-state index in [1.165, 1.54) is 22.3 Å². The molecule has 2 aromatic carbocycles. The first kappa shape index (κ1) is 13.5. The van der Waals surface area contributed by atoms with Gasteiger partial charge in [-0.1, -0.05) is 29.8 Å². The van der Waals surface area contributed by atoms with Gasteiger partial charge in [-0.05, 0) is 56.0 Å². The van der Waals surface area contributed by atoms with E-state index in [0.717, 1.165) is 24.3 Å². The van der Waals surface area contributed by atoms with E-state index in [2.05, 4.69) is 50.4 Å². The van der Waals surface area contributed by atoms with Crippen molar-refractivity contribution in [2.24, 2.45) is 0 Å². The van der Waals surface area contributed by atoms with E-state index in [1.54, 1.807) is 0 Å². The molecule has 0 atom stereocenters. The molecule has 2 aromatic rings. The van der Waals surface area contributed by atoms with Gasteiger partial charge in [-0.3, -0.25) is 0 Å². The number of aryl methyl sites for hydroxylation is 3. The Bertz CT molecular complexity index is 522. The summed E-state index contributed by atoms with van der Waals surface area (Å²) >= 11 is 0. The highest BCUT2D eigenvalue weighted by Gasteiger charge is 2.01. The highest BCUT2D eigenvalue weighted by molar-refractivity contribution is 5.66. The summed E-state index contributed by atoms with van der Waals surface area (Å²) < 4.78 is 0. The molecule has 2 heteroatoms. The second kappa shape index (κ2) is 5.79. The fraction of sp³-hybridized carbons (Fsp3) is 0.294. The summed E-state index contributed by atoms with van der Waals surface area (Å²) in [6, 6.07) is 12.7. The van der Waals surface area contributed by atoms with Crippen molar-refractivity contribution in [3.05, 3.63) is 58.7 Å². The van der Waals surface area contributed by atoms with Crippen molar-refractivity contribution in [3.8, 4) is 0 Å². The summed E-state index contributed by atoms with van der Waals surface area (Å²) in [5.41, 5.74) is 13.1. The smallest absolute Gasteiger partial charge is 0.0576 e. The normalized spacial score (nSPS) is 10.5. The van der Waals surface area contributed by atoms with E-state index in [-0.39, 0.29) is 0 Å². The molecule has 0 unspecified atom stereocenters. The van der Waals surface area contributed by atoms with E-state index in [9.17, 15) is 0 Å². The zero-order valence-electron chi connectivity index (χ0n) is 12.0. The number of anilines is 2. The number of benzene rings is 2. The minimum absolute atomic E-state index is 0.812. The zero-order valence-corrected chi connectivity index (χ0v) is 12.0. The molecule has 0 saturated carbocycles. The third-order valence-corrected chi connectivity index (χ3v) is 3.42. The van der Waals surface area contributed by atoms with Crippen LogP contribution in [-0.2, 0) is 6.42 Å². The van der Waals surface area contributed by atoms with Gasteiger partial charge in [-0.25, -0.2) is 0 Å². The van der Waals surface area contributed by atoms with Crippen molar-refractivity contribution in [1.82, 2.24) is 0 Å². The van der Waals surface area contributed by atoms with Gasteiger partial charge in [0.1, 0.15) is 0 Å². The maximum Gasteiger partial charge on any atom is 0.0576 e. The molecule has 0 aliphatic carbocycles. The van der Waals surface area contributed by atoms with Gasteiger partial charge in [0.05, 0.1) is 11.4 Å². The predicted octanol–water partition coefficient (Wildman–Crippen LogP) is 3.85. The molecule has 0 heterocycles. The fourth-order valence-electron chi connectivity index (χ4n) is 2.22. The molecule has 19 heavy (non-hydrogen) atoms. The standard InChI is InChI=1S/C17H22N2/c1-12-4-6-14(3)15(10-12)8-9-19-17-11-13(2)5-7-16(17)18/h4-7,10-11,19H,8-9,18H2,1-3H3. The SMILES string of the molecule is Cc1ccc(C)c(CCNc2cc(C)ccc2N)c1. The molecule has 2 nitrogen and oxygen atoms in total. The van der Waals surface area contributed by atoms with Crippen LogP contribution in [0.5, 0.6) is 0 Å². The van der Waals surface area contributed by atoms with E-state index < -0.39 is 0 Å². The fourth-order valence-corrected chi connectivity index (χ4v) is 2.22. The van der Waals surface area contributed by atoms with Crippen LogP contribution in [0.25, 0.3) is 0 Å². The average Bonchev–Trinajstić information content (AvgIpc) is 2.38. The van der Waals surface area contributed by atoms with Crippen LogP contribution in [-0.4, -0.2) is 6.54 Å². The summed E-state index contributed by atoms with van der Waals surface area (Å²) in [5.74, 6) is 0. The maximum absolute atomic E-state index is 5.96. The lowest BCUT2D eigenvalue weighted by molar-refractivity contribution is 1.00. The third-order valence-electron chi connectivity index (χ3n) is 3.42. The molecule has 0 aliphatic rings.